The van der Waals surface area contributed by atoms with Crippen LogP contribution >= 0.6 is 0 Å². The third-order valence-electron chi connectivity index (χ3n) is 3.15. The van der Waals surface area contributed by atoms with E-state index in [0.29, 0.717) is 5.56 Å². The van der Waals surface area contributed by atoms with Crippen LogP contribution in [0.25, 0.3) is 0 Å². The highest BCUT2D eigenvalue weighted by molar-refractivity contribution is 5.95. The minimum absolute atomic E-state index is 0.337. The van der Waals surface area contributed by atoms with Gasteiger partial charge in [-0.3, -0.25) is 4.79 Å². The van der Waals surface area contributed by atoms with Crippen molar-refractivity contribution in [1.29, 1.82) is 0 Å². The summed E-state index contributed by atoms with van der Waals surface area (Å²) in [6.45, 7) is 2.33. The Morgan fingerprint density at radius 2 is 2.05 bits per heavy atom. The number of nitrogens with one attached hydrogen (secondary N) is 2. The van der Waals surface area contributed by atoms with Crippen molar-refractivity contribution >= 4 is 11.9 Å². The zero-order chi connectivity index (χ0) is 14.0. The van der Waals surface area contributed by atoms with Crippen LogP contribution in [-0.4, -0.2) is 34.2 Å². The summed E-state index contributed by atoms with van der Waals surface area (Å²) in [5.74, 6) is -1.76. The Hall–Kier alpha value is -1.92. The average molecular weight is 264 g/mol. The predicted octanol–water partition coefficient (Wildman–Crippen LogP) is -0.145. The van der Waals surface area contributed by atoms with Crippen molar-refractivity contribution < 1.29 is 19.8 Å². The van der Waals surface area contributed by atoms with E-state index in [4.69, 9.17) is 5.11 Å². The molecule has 1 atom stereocenters. The number of rotatable bonds is 4. The molecule has 0 radical (unpaired) electrons. The Morgan fingerprint density at radius 3 is 2.74 bits per heavy atom. The van der Waals surface area contributed by atoms with Gasteiger partial charge in [-0.1, -0.05) is 6.07 Å². The largest absolute Gasteiger partial charge is 0.479 e. The summed E-state index contributed by atoms with van der Waals surface area (Å²) in [5, 5.41) is 23.9. The van der Waals surface area contributed by atoms with Crippen molar-refractivity contribution in [2.75, 3.05) is 6.54 Å². The van der Waals surface area contributed by atoms with Crippen LogP contribution in [0.4, 0.5) is 0 Å². The van der Waals surface area contributed by atoms with Crippen LogP contribution in [-0.2, 0) is 17.9 Å². The molecule has 6 heteroatoms. The number of amides is 1. The molecule has 1 aromatic rings. The van der Waals surface area contributed by atoms with E-state index in [1.54, 1.807) is 12.1 Å². The van der Waals surface area contributed by atoms with Crippen molar-refractivity contribution in [3.63, 3.8) is 0 Å². The molecular weight excluding hydrogens is 248 g/mol. The van der Waals surface area contributed by atoms with Crippen LogP contribution in [0.5, 0.6) is 0 Å². The van der Waals surface area contributed by atoms with E-state index in [0.717, 1.165) is 31.1 Å². The summed E-state index contributed by atoms with van der Waals surface area (Å²) in [4.78, 5) is 22.6. The number of carboxylic acids is 1. The van der Waals surface area contributed by atoms with Crippen molar-refractivity contribution in [1.82, 2.24) is 10.6 Å². The first-order valence-electron chi connectivity index (χ1n) is 5.96. The van der Waals surface area contributed by atoms with Gasteiger partial charge in [-0.2, -0.15) is 0 Å². The highest BCUT2D eigenvalue weighted by Gasteiger charge is 2.30. The highest BCUT2D eigenvalue weighted by Crippen LogP contribution is 2.17. The van der Waals surface area contributed by atoms with Crippen LogP contribution in [0, 0.1) is 0 Å². The Bertz CT molecular complexity index is 525. The third kappa shape index (κ3) is 2.91. The van der Waals surface area contributed by atoms with Crippen molar-refractivity contribution in [2.24, 2.45) is 0 Å². The molecule has 1 heterocycles. The van der Waals surface area contributed by atoms with E-state index in [-0.39, 0.29) is 6.54 Å². The van der Waals surface area contributed by atoms with E-state index in [2.05, 4.69) is 10.6 Å². The molecule has 0 saturated heterocycles. The van der Waals surface area contributed by atoms with Crippen molar-refractivity contribution in [3.05, 3.63) is 34.9 Å². The maximum atomic E-state index is 11.9. The standard InChI is InChI=1S/C13H16N2O4/c1-13(19,12(17)18)7-15-11(16)8-2-3-9-5-14-6-10(9)4-8/h2-4,14,19H,5-7H2,1H3,(H,15,16)(H,17,18). The first-order valence-corrected chi connectivity index (χ1v) is 5.96. The van der Waals surface area contributed by atoms with Crippen molar-refractivity contribution in [3.8, 4) is 0 Å². The lowest BCUT2D eigenvalue weighted by molar-refractivity contribution is -0.155. The maximum absolute atomic E-state index is 11.9. The number of hydrogen-bond donors (Lipinski definition) is 4. The number of carbonyl (C=O) groups excluding carboxylic acids is 1. The Balaban J connectivity index is 2.03. The highest BCUT2D eigenvalue weighted by atomic mass is 16.4. The minimum atomic E-state index is -1.96. The SMILES string of the molecule is CC(O)(CNC(=O)c1ccc2c(c1)CNC2)C(=O)O. The number of carbonyl (C=O) groups is 2. The number of benzene rings is 1. The van der Waals surface area contributed by atoms with Crippen LogP contribution in [0.1, 0.15) is 28.4 Å². The Kier molecular flexibility index (Phi) is 3.55. The summed E-state index contributed by atoms with van der Waals surface area (Å²) in [6, 6.07) is 5.34. The predicted molar refractivity (Wildman–Crippen MR) is 67.6 cm³/mol. The Labute approximate surface area is 110 Å². The molecule has 0 saturated carbocycles. The van der Waals surface area contributed by atoms with Gasteiger partial charge in [-0.05, 0) is 30.2 Å². The third-order valence-corrected chi connectivity index (χ3v) is 3.15. The fraction of sp³-hybridized carbons (Fsp3) is 0.385. The fourth-order valence-electron chi connectivity index (χ4n) is 1.87. The molecule has 0 aliphatic carbocycles. The normalized spacial score (nSPS) is 16.5. The smallest absolute Gasteiger partial charge is 0.337 e. The molecule has 1 amide bonds. The lowest BCUT2D eigenvalue weighted by atomic mass is 10.0. The van der Waals surface area contributed by atoms with Crippen molar-refractivity contribution in [2.45, 2.75) is 25.6 Å². The number of aliphatic carboxylic acids is 1. The lowest BCUT2D eigenvalue weighted by Crippen LogP contribution is -2.46. The molecule has 0 spiro atoms. The first-order chi connectivity index (χ1) is 8.90. The van der Waals surface area contributed by atoms with Gasteiger partial charge >= 0.3 is 5.97 Å². The molecule has 6 nitrogen and oxygen atoms in total. The molecule has 1 aromatic carbocycles. The van der Waals surface area contributed by atoms with Gasteiger partial charge in [-0.15, -0.1) is 0 Å². The quantitative estimate of drug-likeness (QED) is 0.606. The fourth-order valence-corrected chi connectivity index (χ4v) is 1.87. The maximum Gasteiger partial charge on any atom is 0.337 e. The van der Waals surface area contributed by atoms with E-state index < -0.39 is 17.5 Å². The monoisotopic (exact) mass is 264 g/mol. The van der Waals surface area contributed by atoms with Gasteiger partial charge in [-0.25, -0.2) is 4.79 Å². The zero-order valence-corrected chi connectivity index (χ0v) is 10.6. The second-order valence-corrected chi connectivity index (χ2v) is 4.85. The van der Waals surface area contributed by atoms with Gasteiger partial charge < -0.3 is 20.8 Å². The molecule has 0 aromatic heterocycles. The van der Waals surface area contributed by atoms with Crippen LogP contribution in [0.15, 0.2) is 18.2 Å². The molecule has 0 fully saturated rings. The van der Waals surface area contributed by atoms with Crippen LogP contribution in [0.3, 0.4) is 0 Å². The summed E-state index contributed by atoms with van der Waals surface area (Å²) < 4.78 is 0. The van der Waals surface area contributed by atoms with Gasteiger partial charge in [0.25, 0.3) is 5.91 Å². The van der Waals surface area contributed by atoms with E-state index in [1.165, 1.54) is 0 Å². The molecule has 19 heavy (non-hydrogen) atoms. The Morgan fingerprint density at radius 1 is 1.37 bits per heavy atom. The second-order valence-electron chi connectivity index (χ2n) is 4.85. The number of carboxylic acid groups (broad SMARTS) is 1. The summed E-state index contributed by atoms with van der Waals surface area (Å²) >= 11 is 0. The number of fused-ring (bicyclic) bond motifs is 1. The van der Waals surface area contributed by atoms with Crippen LogP contribution < -0.4 is 10.6 Å². The molecular formula is C13H16N2O4. The number of aliphatic hydroxyl groups is 1. The summed E-state index contributed by atoms with van der Waals surface area (Å²) in [5.41, 5.74) is 0.726. The van der Waals surface area contributed by atoms with Gasteiger partial charge in [0.1, 0.15) is 0 Å². The summed E-state index contributed by atoms with van der Waals surface area (Å²) in [6.07, 6.45) is 0. The molecule has 1 aliphatic heterocycles. The van der Waals surface area contributed by atoms with Gasteiger partial charge in [0.05, 0.1) is 6.54 Å². The molecule has 1 aliphatic rings. The van der Waals surface area contributed by atoms with E-state index in [1.807, 2.05) is 6.07 Å². The van der Waals surface area contributed by atoms with E-state index in [9.17, 15) is 14.7 Å². The van der Waals surface area contributed by atoms with Gasteiger partial charge in [0, 0.05) is 18.7 Å². The molecule has 2 rings (SSSR count). The zero-order valence-electron chi connectivity index (χ0n) is 10.6. The molecule has 0 bridgehead atoms. The average Bonchev–Trinajstić information content (AvgIpc) is 2.82. The lowest BCUT2D eigenvalue weighted by Gasteiger charge is -2.18. The number of hydrogen-bond acceptors (Lipinski definition) is 4. The topological polar surface area (TPSA) is 98.7 Å². The van der Waals surface area contributed by atoms with E-state index >= 15 is 0 Å². The minimum Gasteiger partial charge on any atom is -0.479 e. The molecule has 102 valence electrons. The molecule has 1 unspecified atom stereocenters. The summed E-state index contributed by atoms with van der Waals surface area (Å²) in [7, 11) is 0. The second kappa shape index (κ2) is 4.99. The first kappa shape index (κ1) is 13.5. The van der Waals surface area contributed by atoms with Gasteiger partial charge in [0.2, 0.25) is 0 Å². The van der Waals surface area contributed by atoms with Gasteiger partial charge in [0.15, 0.2) is 5.60 Å². The molecule has 4 N–H and O–H groups in total. The van der Waals surface area contributed by atoms with Crippen LogP contribution in [0.2, 0.25) is 0 Å².